The second kappa shape index (κ2) is 8.81. The van der Waals surface area contributed by atoms with Gasteiger partial charge in [0.1, 0.15) is 11.4 Å². The standard InChI is InChI=1S/C25H27N5O4/c1-3-15-10-16-11-22-19(12-21(16)28-23(15)31)25(33)30-8-7-29(14-18(30)6-9-34-22)17-4-5-20(27-13-17)24(32)26-2/h4-5,10-13,18H,3,6-9,14H2,1-2H3,(H,26,32)(H,28,31)/t18-/m0/s1. The molecule has 0 aliphatic carbocycles. The fourth-order valence-electron chi connectivity index (χ4n) is 4.73. The smallest absolute Gasteiger partial charge is 0.269 e. The molecule has 0 spiro atoms. The summed E-state index contributed by atoms with van der Waals surface area (Å²) in [6.07, 6.45) is 3.04. The number of hydrogen-bond acceptors (Lipinski definition) is 6. The monoisotopic (exact) mass is 461 g/mol. The number of nitrogens with one attached hydrogen (secondary N) is 2. The molecule has 176 valence electrons. The number of fused-ring (bicyclic) bond motifs is 3. The van der Waals surface area contributed by atoms with Gasteiger partial charge in [0.2, 0.25) is 0 Å². The van der Waals surface area contributed by atoms with Crippen molar-refractivity contribution in [1.29, 1.82) is 0 Å². The van der Waals surface area contributed by atoms with Crippen LogP contribution in [0.5, 0.6) is 5.75 Å². The summed E-state index contributed by atoms with van der Waals surface area (Å²) in [4.78, 5) is 48.9. The maximum atomic E-state index is 13.5. The Hall–Kier alpha value is -3.88. The third-order valence-electron chi connectivity index (χ3n) is 6.66. The number of aromatic amines is 1. The molecule has 4 heterocycles. The topological polar surface area (TPSA) is 108 Å². The second-order valence-corrected chi connectivity index (χ2v) is 8.63. The number of amides is 2. The number of nitrogens with zero attached hydrogens (tertiary/aromatic N) is 3. The third kappa shape index (κ3) is 3.87. The van der Waals surface area contributed by atoms with Crippen LogP contribution in [0.1, 0.15) is 39.8 Å². The first-order chi connectivity index (χ1) is 16.5. The average molecular weight is 462 g/mol. The molecule has 1 atom stereocenters. The Labute approximate surface area is 196 Å². The van der Waals surface area contributed by atoms with Crippen molar-refractivity contribution < 1.29 is 14.3 Å². The Morgan fingerprint density at radius 2 is 2.09 bits per heavy atom. The Morgan fingerprint density at radius 3 is 2.82 bits per heavy atom. The fourth-order valence-corrected chi connectivity index (χ4v) is 4.73. The summed E-state index contributed by atoms with van der Waals surface area (Å²) in [6, 6.07) is 9.03. The molecule has 3 aromatic rings. The lowest BCUT2D eigenvalue weighted by atomic mass is 10.0. The van der Waals surface area contributed by atoms with Crippen LogP contribution in [0.25, 0.3) is 10.9 Å². The number of aryl methyl sites for hydroxylation is 1. The van der Waals surface area contributed by atoms with E-state index in [4.69, 9.17) is 4.74 Å². The molecule has 9 nitrogen and oxygen atoms in total. The van der Waals surface area contributed by atoms with E-state index in [0.29, 0.717) is 67.2 Å². The molecular formula is C25H27N5O4. The first-order valence-corrected chi connectivity index (χ1v) is 11.5. The van der Waals surface area contributed by atoms with E-state index in [1.54, 1.807) is 25.4 Å². The van der Waals surface area contributed by atoms with Crippen LogP contribution in [0.2, 0.25) is 0 Å². The zero-order chi connectivity index (χ0) is 23.8. The number of anilines is 1. The van der Waals surface area contributed by atoms with E-state index in [-0.39, 0.29) is 23.4 Å². The van der Waals surface area contributed by atoms with Crippen molar-refractivity contribution in [3.05, 3.63) is 63.7 Å². The largest absolute Gasteiger partial charge is 0.493 e. The van der Waals surface area contributed by atoms with Crippen molar-refractivity contribution in [3.63, 3.8) is 0 Å². The maximum absolute atomic E-state index is 13.5. The predicted octanol–water partition coefficient (Wildman–Crippen LogP) is 1.96. The Kier molecular flexibility index (Phi) is 5.69. The van der Waals surface area contributed by atoms with Crippen molar-refractivity contribution in [2.24, 2.45) is 0 Å². The summed E-state index contributed by atoms with van der Waals surface area (Å²) in [5, 5.41) is 3.43. The maximum Gasteiger partial charge on any atom is 0.269 e. The van der Waals surface area contributed by atoms with Crippen LogP contribution in [0.4, 0.5) is 5.69 Å². The van der Waals surface area contributed by atoms with Crippen LogP contribution in [0.3, 0.4) is 0 Å². The molecule has 2 aliphatic heterocycles. The van der Waals surface area contributed by atoms with Crippen LogP contribution >= 0.6 is 0 Å². The third-order valence-corrected chi connectivity index (χ3v) is 6.66. The van der Waals surface area contributed by atoms with Crippen LogP contribution in [0, 0.1) is 0 Å². The number of benzene rings is 1. The van der Waals surface area contributed by atoms with E-state index in [2.05, 4.69) is 20.2 Å². The van der Waals surface area contributed by atoms with Gasteiger partial charge in [-0.3, -0.25) is 14.4 Å². The molecule has 2 aliphatic rings. The van der Waals surface area contributed by atoms with E-state index < -0.39 is 0 Å². The Balaban J connectivity index is 1.41. The molecule has 0 unspecified atom stereocenters. The first-order valence-electron chi connectivity index (χ1n) is 11.5. The zero-order valence-electron chi connectivity index (χ0n) is 19.3. The quantitative estimate of drug-likeness (QED) is 0.618. The number of hydrogen-bond donors (Lipinski definition) is 2. The molecule has 1 fully saturated rings. The molecule has 0 saturated carbocycles. The van der Waals surface area contributed by atoms with Crippen LogP contribution < -0.4 is 20.5 Å². The highest BCUT2D eigenvalue weighted by Gasteiger charge is 2.34. The lowest BCUT2D eigenvalue weighted by Crippen LogP contribution is -2.56. The Morgan fingerprint density at radius 1 is 1.24 bits per heavy atom. The van der Waals surface area contributed by atoms with E-state index in [0.717, 1.165) is 11.1 Å². The molecule has 1 saturated heterocycles. The highest BCUT2D eigenvalue weighted by Crippen LogP contribution is 2.31. The summed E-state index contributed by atoms with van der Waals surface area (Å²) in [6.45, 7) is 4.29. The van der Waals surface area contributed by atoms with Gasteiger partial charge in [0.15, 0.2) is 0 Å². The predicted molar refractivity (Wildman–Crippen MR) is 129 cm³/mol. The SMILES string of the molecule is CCc1cc2cc3c(cc2[nH]c1=O)C(=O)N1CCN(c2ccc(C(=O)NC)nc2)C[C@@H]1CCO3. The lowest BCUT2D eigenvalue weighted by Gasteiger charge is -2.43. The highest BCUT2D eigenvalue weighted by atomic mass is 16.5. The minimum Gasteiger partial charge on any atom is -0.493 e. The number of pyridine rings is 2. The van der Waals surface area contributed by atoms with Gasteiger partial charge in [-0.25, -0.2) is 4.98 Å². The number of aromatic nitrogens is 2. The van der Waals surface area contributed by atoms with E-state index >= 15 is 0 Å². The summed E-state index contributed by atoms with van der Waals surface area (Å²) < 4.78 is 6.04. The van der Waals surface area contributed by atoms with Gasteiger partial charge in [-0.2, -0.15) is 0 Å². The van der Waals surface area contributed by atoms with Crippen molar-refractivity contribution in [3.8, 4) is 5.75 Å². The van der Waals surface area contributed by atoms with Crippen molar-refractivity contribution in [2.45, 2.75) is 25.8 Å². The number of rotatable bonds is 3. The summed E-state index contributed by atoms with van der Waals surface area (Å²) in [7, 11) is 1.58. The molecule has 9 heteroatoms. The van der Waals surface area contributed by atoms with Gasteiger partial charge in [-0.1, -0.05) is 6.92 Å². The van der Waals surface area contributed by atoms with E-state index in [1.165, 1.54) is 0 Å². The number of ether oxygens (including phenoxy) is 1. The van der Waals surface area contributed by atoms with E-state index in [1.807, 2.05) is 30.0 Å². The Bertz CT molecular complexity index is 1320. The van der Waals surface area contributed by atoms with Gasteiger partial charge in [-0.15, -0.1) is 0 Å². The van der Waals surface area contributed by atoms with Crippen LogP contribution in [-0.4, -0.2) is 66.0 Å². The second-order valence-electron chi connectivity index (χ2n) is 8.63. The van der Waals surface area contributed by atoms with Gasteiger partial charge < -0.3 is 24.8 Å². The summed E-state index contributed by atoms with van der Waals surface area (Å²) >= 11 is 0. The minimum absolute atomic E-state index is 0.0229. The average Bonchev–Trinajstić information content (AvgIpc) is 2.86. The molecule has 2 aromatic heterocycles. The van der Waals surface area contributed by atoms with Gasteiger partial charge in [-0.05, 0) is 36.8 Å². The minimum atomic E-state index is -0.224. The fraction of sp³-hybridized carbons (Fsp3) is 0.360. The molecular weight excluding hydrogens is 434 g/mol. The highest BCUT2D eigenvalue weighted by molar-refractivity contribution is 6.01. The number of carbonyl (C=O) groups is 2. The van der Waals surface area contributed by atoms with Crippen LogP contribution in [0.15, 0.2) is 41.3 Å². The lowest BCUT2D eigenvalue weighted by molar-refractivity contribution is 0.0600. The van der Waals surface area contributed by atoms with Crippen molar-refractivity contribution in [2.75, 3.05) is 38.2 Å². The van der Waals surface area contributed by atoms with Gasteiger partial charge >= 0.3 is 0 Å². The molecule has 5 rings (SSSR count). The summed E-state index contributed by atoms with van der Waals surface area (Å²) in [5.41, 5.74) is 2.97. The molecule has 2 amide bonds. The van der Waals surface area contributed by atoms with Crippen molar-refractivity contribution in [1.82, 2.24) is 20.2 Å². The molecule has 0 bridgehead atoms. The van der Waals surface area contributed by atoms with Gasteiger partial charge in [0.25, 0.3) is 17.4 Å². The molecule has 34 heavy (non-hydrogen) atoms. The van der Waals surface area contributed by atoms with Crippen molar-refractivity contribution >= 4 is 28.4 Å². The van der Waals surface area contributed by atoms with Gasteiger partial charge in [0.05, 0.1) is 30.1 Å². The zero-order valence-corrected chi connectivity index (χ0v) is 19.3. The first kappa shape index (κ1) is 21.9. The summed E-state index contributed by atoms with van der Waals surface area (Å²) in [5.74, 6) is 0.244. The molecule has 1 aromatic carbocycles. The van der Waals surface area contributed by atoms with E-state index in [9.17, 15) is 14.4 Å². The number of carbonyl (C=O) groups excluding carboxylic acids is 2. The number of H-pyrrole nitrogens is 1. The molecule has 2 N–H and O–H groups in total. The van der Waals surface area contributed by atoms with Crippen LogP contribution in [-0.2, 0) is 6.42 Å². The molecule has 0 radical (unpaired) electrons. The number of piperazine rings is 1. The van der Waals surface area contributed by atoms with Gasteiger partial charge in [0, 0.05) is 49.6 Å². The normalized spacial score (nSPS) is 17.9.